The van der Waals surface area contributed by atoms with Crippen LogP contribution in [0.25, 0.3) is 166 Å². The summed E-state index contributed by atoms with van der Waals surface area (Å²) in [5.74, 6) is 0. The minimum absolute atomic E-state index is 0.136. The van der Waals surface area contributed by atoms with Gasteiger partial charge in [-0.05, 0) is 213 Å². The third kappa shape index (κ3) is 13.2. The molecule has 5 heterocycles. The van der Waals surface area contributed by atoms with Crippen molar-refractivity contribution in [3.05, 3.63) is 417 Å². The van der Waals surface area contributed by atoms with Gasteiger partial charge in [0.15, 0.2) is 5.58 Å². The van der Waals surface area contributed by atoms with Crippen LogP contribution in [0.2, 0.25) is 0 Å². The lowest BCUT2D eigenvalue weighted by molar-refractivity contribution is 0.590. The van der Waals surface area contributed by atoms with Crippen molar-refractivity contribution in [1.82, 2.24) is 9.13 Å². The fourth-order valence-electron chi connectivity index (χ4n) is 21.0. The van der Waals surface area contributed by atoms with Gasteiger partial charge in [0.2, 0.25) is 0 Å². The van der Waals surface area contributed by atoms with Crippen LogP contribution in [0.4, 0.5) is 34.1 Å². The van der Waals surface area contributed by atoms with Crippen molar-refractivity contribution >= 4 is 123 Å². The Morgan fingerprint density at radius 1 is 0.208 bits per heavy atom. The van der Waals surface area contributed by atoms with Crippen molar-refractivity contribution in [3.63, 3.8) is 0 Å². The van der Waals surface area contributed by atoms with Gasteiger partial charge in [0.1, 0.15) is 5.58 Å². The Balaban J connectivity index is 0.956. The number of aromatic nitrogens is 2. The van der Waals surface area contributed by atoms with E-state index in [1.54, 1.807) is 0 Å². The number of para-hydroxylation sites is 3. The fraction of sp³-hybridized carbons (Fsp3) is 0.129. The van der Waals surface area contributed by atoms with Crippen LogP contribution in [-0.2, 0) is 21.7 Å². The third-order valence-corrected chi connectivity index (χ3v) is 27.7. The van der Waals surface area contributed by atoms with E-state index in [1.165, 1.54) is 43.8 Å². The van der Waals surface area contributed by atoms with Crippen molar-refractivity contribution in [2.45, 2.75) is 105 Å². The molecule has 21 aromatic rings. The summed E-state index contributed by atoms with van der Waals surface area (Å²) in [4.78, 5) is 5.44. The average molecular weight is 1670 g/mol. The molecule has 0 bridgehead atoms. The number of anilines is 6. The highest BCUT2D eigenvalue weighted by Gasteiger charge is 2.49. The first kappa shape index (κ1) is 79.7. The Morgan fingerprint density at radius 2 is 0.515 bits per heavy atom. The first-order valence-electron chi connectivity index (χ1n) is 46.0. The van der Waals surface area contributed by atoms with Gasteiger partial charge in [-0.1, -0.05) is 380 Å². The van der Waals surface area contributed by atoms with Gasteiger partial charge < -0.3 is 23.4 Å². The topological polar surface area (TPSA) is 29.5 Å². The van der Waals surface area contributed by atoms with Gasteiger partial charge in [-0.3, -0.25) is 0 Å². The number of furan rings is 1. The van der Waals surface area contributed by atoms with Crippen molar-refractivity contribution in [1.29, 1.82) is 0 Å². The molecule has 626 valence electrons. The van der Waals surface area contributed by atoms with Crippen molar-refractivity contribution in [2.75, 3.05) is 9.80 Å². The summed E-state index contributed by atoms with van der Waals surface area (Å²) in [6.07, 6.45) is 0. The molecule has 6 heteroatoms. The van der Waals surface area contributed by atoms with Crippen molar-refractivity contribution in [3.8, 4) is 100 Å². The normalized spacial score (nSPS) is 12.9. The highest BCUT2D eigenvalue weighted by atomic mass is 16.3. The SMILES string of the molecule is CC(C)(C)c1ccc2c(c1)c1cc(C(C)(C)C)ccc1n2-c1cc2c(cc1-c1ccccc1)N(c1c(-c3ccccc3)cccc1-c1cccc(-c3ccccc3)c1)c1cc3c(oc4ccccc43)c3c1B2c1cc(-n2c4ccc(C(C)(C)C)cc4c4cc(C(C)(C)C)ccc42)c(-c2ccccc2)cc1N3c1c(-c2ccccc2)cccc1-c1cccc(-c2ccccc2)c1. The monoisotopic (exact) mass is 1670 g/mol. The quantitative estimate of drug-likeness (QED) is 0.114. The molecule has 2 aliphatic rings. The summed E-state index contributed by atoms with van der Waals surface area (Å²) >= 11 is 0. The Kier molecular flexibility index (Phi) is 18.6. The maximum atomic E-state index is 8.04. The molecule has 0 atom stereocenters. The van der Waals surface area contributed by atoms with E-state index in [9.17, 15) is 0 Å². The molecule has 0 unspecified atom stereocenters. The standard InChI is InChI=1S/C124H101BN4O/c1-121(2,3)88-59-63-106-99(69-88)100-70-89(122(4,5)6)60-64-107(100)126(106)110-76-104-112(73-97(110)82-45-27-17-28-46-82)128(117-92(80-41-23-15-24-42-80)54-35-56-94(117)86-51-33-49-84(67-86)78-37-19-13-20-38-78)114-75-103-96-53-31-32-58-115(96)130-120(103)119-116(114)125(104)105-77-111(127-108-65-61-90(123(7,8)9)71-101(108)102-72-91(124(10,11)12)62-66-109(102)127)98(83-47-29-18-30-48-83)74-113(105)129(119)118-93(81-43-25-16-26-44-81)55-36-57-95(118)87-52-34-50-85(68-87)79-39-21-14-22-40-79/h13-77H,1-12H3. The predicted octanol–water partition coefficient (Wildman–Crippen LogP) is 32.4. The number of rotatable bonds is 12. The summed E-state index contributed by atoms with van der Waals surface area (Å²) in [5.41, 5.74) is 40.1. The maximum absolute atomic E-state index is 8.04. The van der Waals surface area contributed by atoms with Crippen LogP contribution in [0.1, 0.15) is 105 Å². The molecule has 23 rings (SSSR count). The fourth-order valence-corrected chi connectivity index (χ4v) is 21.0. The molecular weight excluding hydrogens is 1570 g/mol. The van der Waals surface area contributed by atoms with Crippen molar-refractivity contribution < 1.29 is 4.42 Å². The Morgan fingerprint density at radius 3 is 0.892 bits per heavy atom. The number of fused-ring (bicyclic) bond motifs is 14. The van der Waals surface area contributed by atoms with Crippen LogP contribution in [0, 0.1) is 0 Å². The summed E-state index contributed by atoms with van der Waals surface area (Å²) in [5, 5.41) is 6.92. The highest BCUT2D eigenvalue weighted by molar-refractivity contribution is 7.00. The first-order valence-corrected chi connectivity index (χ1v) is 46.0. The van der Waals surface area contributed by atoms with E-state index in [1.807, 2.05) is 0 Å². The maximum Gasteiger partial charge on any atom is 0.252 e. The lowest BCUT2D eigenvalue weighted by atomic mass is 9.33. The molecule has 5 nitrogen and oxygen atoms in total. The largest absolute Gasteiger partial charge is 0.454 e. The Labute approximate surface area is 762 Å². The van der Waals surface area contributed by atoms with E-state index < -0.39 is 6.71 Å². The van der Waals surface area contributed by atoms with Crippen molar-refractivity contribution in [2.24, 2.45) is 0 Å². The average Bonchev–Trinajstić information content (AvgIpc) is 1.14. The minimum Gasteiger partial charge on any atom is -0.454 e. The minimum atomic E-state index is -0.532. The molecule has 0 saturated heterocycles. The zero-order valence-electron chi connectivity index (χ0n) is 75.8. The molecule has 130 heavy (non-hydrogen) atoms. The van der Waals surface area contributed by atoms with Gasteiger partial charge in [0.25, 0.3) is 6.71 Å². The van der Waals surface area contributed by atoms with Crippen LogP contribution in [0.5, 0.6) is 0 Å². The van der Waals surface area contributed by atoms with E-state index in [2.05, 4.69) is 496 Å². The number of benzene rings is 18. The predicted molar refractivity (Wildman–Crippen MR) is 555 cm³/mol. The van der Waals surface area contributed by atoms with E-state index >= 15 is 0 Å². The van der Waals surface area contributed by atoms with Gasteiger partial charge in [-0.25, -0.2) is 0 Å². The molecule has 0 fully saturated rings. The second-order valence-corrected chi connectivity index (χ2v) is 40.0. The lowest BCUT2D eigenvalue weighted by Gasteiger charge is -2.46. The molecular formula is C124H101BN4O. The first-order chi connectivity index (χ1) is 63.0. The zero-order chi connectivity index (χ0) is 88.4. The number of hydrogen-bond donors (Lipinski definition) is 0. The van der Waals surface area contributed by atoms with Crippen LogP contribution >= 0.6 is 0 Å². The third-order valence-electron chi connectivity index (χ3n) is 27.7. The Bertz CT molecular complexity index is 7810. The van der Waals surface area contributed by atoms with Gasteiger partial charge in [-0.15, -0.1) is 0 Å². The van der Waals surface area contributed by atoms with E-state index in [-0.39, 0.29) is 21.7 Å². The summed E-state index contributed by atoms with van der Waals surface area (Å²) < 4.78 is 13.3. The molecule has 0 amide bonds. The van der Waals surface area contributed by atoms with Gasteiger partial charge in [0, 0.05) is 82.8 Å². The van der Waals surface area contributed by atoms with Gasteiger partial charge in [0.05, 0.1) is 50.5 Å². The van der Waals surface area contributed by atoms with Gasteiger partial charge in [-0.2, -0.15) is 0 Å². The Hall–Kier alpha value is -15.0. The molecule has 0 spiro atoms. The smallest absolute Gasteiger partial charge is 0.252 e. The second kappa shape index (κ2) is 30.4. The molecule has 18 aromatic carbocycles. The highest BCUT2D eigenvalue weighted by Crippen LogP contribution is 2.58. The number of hydrogen-bond acceptors (Lipinski definition) is 3. The summed E-state index contributed by atoms with van der Waals surface area (Å²) in [7, 11) is 0. The lowest BCUT2D eigenvalue weighted by Crippen LogP contribution is -2.61. The summed E-state index contributed by atoms with van der Waals surface area (Å²) in [6, 6.07) is 150. The molecule has 3 aromatic heterocycles. The summed E-state index contributed by atoms with van der Waals surface area (Å²) in [6.45, 7) is 27.6. The van der Waals surface area contributed by atoms with E-state index in [4.69, 9.17) is 4.42 Å². The van der Waals surface area contributed by atoms with E-state index in [0.29, 0.717) is 0 Å². The van der Waals surface area contributed by atoms with Gasteiger partial charge >= 0.3 is 0 Å². The molecule has 0 radical (unpaired) electrons. The van der Waals surface area contributed by atoms with Crippen LogP contribution < -0.4 is 26.2 Å². The van der Waals surface area contributed by atoms with E-state index in [0.717, 1.165) is 195 Å². The molecule has 2 aliphatic heterocycles. The second-order valence-electron chi connectivity index (χ2n) is 40.0. The molecule has 0 saturated carbocycles. The van der Waals surface area contributed by atoms with Crippen LogP contribution in [-0.4, -0.2) is 15.8 Å². The van der Waals surface area contributed by atoms with Crippen LogP contribution in [0.3, 0.4) is 0 Å². The zero-order valence-corrected chi connectivity index (χ0v) is 75.8. The van der Waals surface area contributed by atoms with Crippen LogP contribution in [0.15, 0.2) is 399 Å². The number of nitrogens with zero attached hydrogens (tertiary/aromatic N) is 4. The molecule has 0 N–H and O–H groups in total. The molecule has 0 aliphatic carbocycles.